The lowest BCUT2D eigenvalue weighted by molar-refractivity contribution is -0.132. The van der Waals surface area contributed by atoms with Crippen molar-refractivity contribution in [2.75, 3.05) is 6.54 Å². The number of hydrogen-bond acceptors (Lipinski definition) is 6. The van der Waals surface area contributed by atoms with Crippen molar-refractivity contribution in [2.24, 2.45) is 5.73 Å². The van der Waals surface area contributed by atoms with E-state index in [4.69, 9.17) is 10.5 Å². The minimum atomic E-state index is -0.822. The molecule has 5 N–H and O–H groups in total. The Morgan fingerprint density at radius 1 is 0.946 bits per heavy atom. The van der Waals surface area contributed by atoms with Crippen molar-refractivity contribution in [2.45, 2.75) is 72.0 Å². The third-order valence-corrected chi connectivity index (χ3v) is 5.83. The van der Waals surface area contributed by atoms with E-state index in [-0.39, 0.29) is 24.3 Å². The van der Waals surface area contributed by atoms with Crippen molar-refractivity contribution in [1.29, 1.82) is 0 Å². The molecule has 0 fully saturated rings. The van der Waals surface area contributed by atoms with Gasteiger partial charge in [0.1, 0.15) is 11.8 Å². The molecule has 2 unspecified atom stereocenters. The highest BCUT2D eigenvalue weighted by Gasteiger charge is 2.27. The van der Waals surface area contributed by atoms with E-state index in [2.05, 4.69) is 16.0 Å². The van der Waals surface area contributed by atoms with E-state index < -0.39 is 23.6 Å². The van der Waals surface area contributed by atoms with Gasteiger partial charge in [0.15, 0.2) is 0 Å². The molecule has 2 aromatic rings. The van der Waals surface area contributed by atoms with Gasteiger partial charge in [-0.25, -0.2) is 0 Å². The van der Waals surface area contributed by atoms with E-state index in [9.17, 15) is 19.2 Å². The predicted octanol–water partition coefficient (Wildman–Crippen LogP) is 1.86. The molecule has 0 radical (unpaired) electrons. The van der Waals surface area contributed by atoms with Crippen LogP contribution >= 0.6 is 0 Å². The average molecular weight is 511 g/mol. The average Bonchev–Trinajstić information content (AvgIpc) is 2.79. The van der Waals surface area contributed by atoms with Crippen LogP contribution in [-0.2, 0) is 32.0 Å². The number of rotatable bonds is 11. The Morgan fingerprint density at radius 3 is 2.08 bits per heavy atom. The quantitative estimate of drug-likeness (QED) is 0.269. The first-order chi connectivity index (χ1) is 17.3. The Balaban J connectivity index is 1.98. The van der Waals surface area contributed by atoms with E-state index in [1.165, 1.54) is 13.8 Å². The third kappa shape index (κ3) is 9.69. The minimum Gasteiger partial charge on any atom is -0.427 e. The molecule has 2 rings (SSSR count). The van der Waals surface area contributed by atoms with Crippen molar-refractivity contribution in [3.05, 3.63) is 64.7 Å². The van der Waals surface area contributed by atoms with Gasteiger partial charge in [0.05, 0.1) is 11.6 Å². The predicted molar refractivity (Wildman–Crippen MR) is 142 cm³/mol. The highest BCUT2D eigenvalue weighted by atomic mass is 16.5. The molecule has 0 spiro atoms. The fourth-order valence-electron chi connectivity index (χ4n) is 4.02. The normalized spacial score (nSPS) is 12.7. The van der Waals surface area contributed by atoms with Gasteiger partial charge in [-0.1, -0.05) is 30.3 Å². The maximum Gasteiger partial charge on any atom is 0.308 e. The van der Waals surface area contributed by atoms with Crippen molar-refractivity contribution in [3.63, 3.8) is 0 Å². The first-order valence-electron chi connectivity index (χ1n) is 12.2. The van der Waals surface area contributed by atoms with Crippen LogP contribution in [-0.4, -0.2) is 47.9 Å². The molecule has 200 valence electrons. The van der Waals surface area contributed by atoms with Crippen LogP contribution in [0.5, 0.6) is 5.75 Å². The number of amides is 3. The smallest absolute Gasteiger partial charge is 0.308 e. The summed E-state index contributed by atoms with van der Waals surface area (Å²) in [6, 6.07) is 11.3. The molecule has 0 aliphatic heterocycles. The van der Waals surface area contributed by atoms with Gasteiger partial charge < -0.3 is 26.4 Å². The number of carbonyl (C=O) groups excluding carboxylic acids is 4. The van der Waals surface area contributed by atoms with E-state index in [0.717, 1.165) is 22.3 Å². The van der Waals surface area contributed by atoms with Crippen LogP contribution in [0.3, 0.4) is 0 Å². The van der Waals surface area contributed by atoms with Gasteiger partial charge in [-0.2, -0.15) is 0 Å². The second kappa shape index (κ2) is 13.0. The van der Waals surface area contributed by atoms with Gasteiger partial charge >= 0.3 is 5.97 Å². The summed E-state index contributed by atoms with van der Waals surface area (Å²) in [7, 11) is 0. The fraction of sp³-hybridized carbons (Fsp3) is 0.429. The lowest BCUT2D eigenvalue weighted by atomic mass is 9.95. The van der Waals surface area contributed by atoms with Crippen LogP contribution in [0.4, 0.5) is 0 Å². The van der Waals surface area contributed by atoms with Gasteiger partial charge in [-0.15, -0.1) is 0 Å². The standard InChI is InChI=1S/C28H38N4O5/c1-17-12-22(37-20(4)34)13-18(2)23(17)15-24(29)26(35)32-28(5,6)16-30-27(36)25(31-19(3)33)14-21-10-8-7-9-11-21/h7-13,24-25H,14-16,29H2,1-6H3,(H,30,36)(H,31,33)(H,32,35). The zero-order valence-corrected chi connectivity index (χ0v) is 22.4. The highest BCUT2D eigenvalue weighted by molar-refractivity contribution is 5.87. The van der Waals surface area contributed by atoms with Crippen LogP contribution in [0.15, 0.2) is 42.5 Å². The lowest BCUT2D eigenvalue weighted by Gasteiger charge is -2.29. The minimum absolute atomic E-state index is 0.143. The number of nitrogens with one attached hydrogen (secondary N) is 3. The fourth-order valence-corrected chi connectivity index (χ4v) is 4.02. The van der Waals surface area contributed by atoms with Gasteiger partial charge in [0, 0.05) is 26.8 Å². The van der Waals surface area contributed by atoms with Gasteiger partial charge in [-0.3, -0.25) is 19.2 Å². The summed E-state index contributed by atoms with van der Waals surface area (Å²) in [6.45, 7) is 10.2. The first-order valence-corrected chi connectivity index (χ1v) is 12.2. The van der Waals surface area contributed by atoms with E-state index in [0.29, 0.717) is 18.6 Å². The van der Waals surface area contributed by atoms with Crippen molar-refractivity contribution < 1.29 is 23.9 Å². The summed E-state index contributed by atoms with van der Waals surface area (Å²) in [5.41, 5.74) is 9.00. The molecule has 0 bridgehead atoms. The van der Waals surface area contributed by atoms with E-state index in [1.54, 1.807) is 26.0 Å². The van der Waals surface area contributed by atoms with Crippen LogP contribution in [0.1, 0.15) is 49.9 Å². The zero-order valence-electron chi connectivity index (χ0n) is 22.4. The molecule has 37 heavy (non-hydrogen) atoms. The summed E-state index contributed by atoms with van der Waals surface area (Å²) < 4.78 is 5.16. The van der Waals surface area contributed by atoms with Crippen molar-refractivity contribution in [3.8, 4) is 5.75 Å². The topological polar surface area (TPSA) is 140 Å². The van der Waals surface area contributed by atoms with Crippen molar-refractivity contribution in [1.82, 2.24) is 16.0 Å². The molecule has 9 heteroatoms. The Bertz CT molecular complexity index is 1110. The molecule has 0 saturated carbocycles. The summed E-state index contributed by atoms with van der Waals surface area (Å²) in [5, 5.41) is 8.42. The summed E-state index contributed by atoms with van der Waals surface area (Å²) in [4.78, 5) is 48.6. The van der Waals surface area contributed by atoms with Gasteiger partial charge in [0.25, 0.3) is 0 Å². The maximum absolute atomic E-state index is 12.9. The summed E-state index contributed by atoms with van der Waals surface area (Å²) in [6.07, 6.45) is 0.646. The molecule has 0 heterocycles. The second-order valence-corrected chi connectivity index (χ2v) is 9.97. The molecule has 9 nitrogen and oxygen atoms in total. The molecule has 0 aliphatic carbocycles. The lowest BCUT2D eigenvalue weighted by Crippen LogP contribution is -2.57. The number of aryl methyl sites for hydroxylation is 2. The third-order valence-electron chi connectivity index (χ3n) is 5.83. The number of ether oxygens (including phenoxy) is 1. The molecule has 2 aromatic carbocycles. The molecule has 0 aliphatic rings. The largest absolute Gasteiger partial charge is 0.427 e. The highest BCUT2D eigenvalue weighted by Crippen LogP contribution is 2.23. The van der Waals surface area contributed by atoms with Crippen LogP contribution in [0.2, 0.25) is 0 Å². The Morgan fingerprint density at radius 2 is 1.54 bits per heavy atom. The van der Waals surface area contributed by atoms with Crippen LogP contribution in [0.25, 0.3) is 0 Å². The summed E-state index contributed by atoms with van der Waals surface area (Å²) in [5.74, 6) is -0.956. The molecule has 0 saturated heterocycles. The SMILES string of the molecule is CC(=O)NC(Cc1ccccc1)C(=O)NCC(C)(C)NC(=O)C(N)Cc1c(C)cc(OC(C)=O)cc1C. The Kier molecular flexibility index (Phi) is 10.4. The Labute approximate surface area is 218 Å². The summed E-state index contributed by atoms with van der Waals surface area (Å²) >= 11 is 0. The molecular formula is C28H38N4O5. The number of benzene rings is 2. The molecule has 0 aromatic heterocycles. The first kappa shape index (κ1) is 29.5. The zero-order chi connectivity index (χ0) is 27.8. The van der Waals surface area contributed by atoms with E-state index >= 15 is 0 Å². The van der Waals surface area contributed by atoms with Crippen LogP contribution < -0.4 is 26.4 Å². The molecule has 3 amide bonds. The van der Waals surface area contributed by atoms with Gasteiger partial charge in [0.2, 0.25) is 17.7 Å². The Hall–Kier alpha value is -3.72. The van der Waals surface area contributed by atoms with Crippen LogP contribution in [0, 0.1) is 13.8 Å². The van der Waals surface area contributed by atoms with Crippen molar-refractivity contribution >= 4 is 23.7 Å². The number of esters is 1. The molecular weight excluding hydrogens is 472 g/mol. The monoisotopic (exact) mass is 510 g/mol. The maximum atomic E-state index is 12.9. The number of nitrogens with two attached hydrogens (primary N) is 1. The second-order valence-electron chi connectivity index (χ2n) is 9.97. The van der Waals surface area contributed by atoms with E-state index in [1.807, 2.05) is 44.2 Å². The van der Waals surface area contributed by atoms with Gasteiger partial charge in [-0.05, 0) is 68.5 Å². The number of hydrogen-bond donors (Lipinski definition) is 4. The molecule has 2 atom stereocenters. The number of carbonyl (C=O) groups is 4.